The Bertz CT molecular complexity index is 981. The number of allylic oxidation sites excluding steroid dienone is 1. The minimum atomic E-state index is -0.161. The van der Waals surface area contributed by atoms with Gasteiger partial charge in [0.1, 0.15) is 5.75 Å². The lowest BCUT2D eigenvalue weighted by Gasteiger charge is -2.35. The van der Waals surface area contributed by atoms with Crippen LogP contribution in [0.15, 0.2) is 48.5 Å². The molecular weight excluding hydrogens is 408 g/mol. The maximum absolute atomic E-state index is 13.0. The molecule has 3 rings (SSSR count). The number of fused-ring (bicyclic) bond motifs is 1. The van der Waals surface area contributed by atoms with Gasteiger partial charge in [0.15, 0.2) is 5.78 Å². The number of thioether (sulfide) groups is 1. The first-order valence-corrected chi connectivity index (χ1v) is 11.7. The third kappa shape index (κ3) is 5.91. The van der Waals surface area contributed by atoms with E-state index in [0.717, 1.165) is 34.9 Å². The van der Waals surface area contributed by atoms with Gasteiger partial charge in [0.2, 0.25) is 0 Å². The van der Waals surface area contributed by atoms with E-state index in [9.17, 15) is 9.59 Å². The fourth-order valence-electron chi connectivity index (χ4n) is 3.64. The van der Waals surface area contributed by atoms with Crippen LogP contribution < -0.4 is 15.4 Å². The molecule has 2 N–H and O–H groups in total. The van der Waals surface area contributed by atoms with Crippen molar-refractivity contribution in [2.24, 2.45) is 0 Å². The summed E-state index contributed by atoms with van der Waals surface area (Å²) in [5.74, 6) is 2.45. The number of carbonyl (C=O) groups is 2. The summed E-state index contributed by atoms with van der Waals surface area (Å²) in [4.78, 5) is 25.2. The van der Waals surface area contributed by atoms with Crippen molar-refractivity contribution < 1.29 is 14.3 Å². The lowest BCUT2D eigenvalue weighted by Crippen LogP contribution is -2.43. The van der Waals surface area contributed by atoms with E-state index in [1.54, 1.807) is 49.2 Å². The molecule has 0 aliphatic carbocycles. The van der Waals surface area contributed by atoms with Gasteiger partial charge in [-0.15, -0.1) is 0 Å². The van der Waals surface area contributed by atoms with Crippen LogP contribution in [0, 0.1) is 0 Å². The number of nitrogens with one attached hydrogen (secondary N) is 2. The minimum absolute atomic E-state index is 0.111. The van der Waals surface area contributed by atoms with Crippen LogP contribution in [0.1, 0.15) is 52.6 Å². The van der Waals surface area contributed by atoms with Gasteiger partial charge in [-0.05, 0) is 55.9 Å². The molecule has 0 spiro atoms. The summed E-state index contributed by atoms with van der Waals surface area (Å²) >= 11 is 1.79. The van der Waals surface area contributed by atoms with Gasteiger partial charge in [0.05, 0.1) is 7.11 Å². The van der Waals surface area contributed by atoms with Gasteiger partial charge >= 0.3 is 0 Å². The van der Waals surface area contributed by atoms with Gasteiger partial charge in [-0.1, -0.05) is 25.1 Å². The molecule has 1 amide bonds. The van der Waals surface area contributed by atoms with Crippen LogP contribution in [0.2, 0.25) is 0 Å². The fourth-order valence-corrected chi connectivity index (χ4v) is 4.17. The van der Waals surface area contributed by atoms with Crippen LogP contribution in [-0.4, -0.2) is 42.4 Å². The van der Waals surface area contributed by atoms with Crippen molar-refractivity contribution in [2.75, 3.05) is 25.2 Å². The molecule has 6 heteroatoms. The highest BCUT2D eigenvalue weighted by molar-refractivity contribution is 7.99. The number of rotatable bonds is 8. The van der Waals surface area contributed by atoms with E-state index in [1.807, 2.05) is 12.1 Å². The summed E-state index contributed by atoms with van der Waals surface area (Å²) in [6, 6.07) is 12.8. The minimum Gasteiger partial charge on any atom is -0.497 e. The zero-order chi connectivity index (χ0) is 22.4. The number of hydrogen-bond donors (Lipinski definition) is 2. The van der Waals surface area contributed by atoms with Crippen molar-refractivity contribution in [3.63, 3.8) is 0 Å². The molecule has 0 bridgehead atoms. The van der Waals surface area contributed by atoms with Crippen molar-refractivity contribution in [3.05, 3.63) is 70.8 Å². The van der Waals surface area contributed by atoms with E-state index in [-0.39, 0.29) is 17.2 Å². The van der Waals surface area contributed by atoms with E-state index in [4.69, 9.17) is 4.74 Å². The highest BCUT2D eigenvalue weighted by atomic mass is 32.2. The number of benzene rings is 2. The summed E-state index contributed by atoms with van der Waals surface area (Å²) in [5, 5.41) is 6.38. The van der Waals surface area contributed by atoms with Gasteiger partial charge in [-0.2, -0.15) is 11.8 Å². The van der Waals surface area contributed by atoms with Gasteiger partial charge in [-0.3, -0.25) is 9.59 Å². The largest absolute Gasteiger partial charge is 0.497 e. The van der Waals surface area contributed by atoms with E-state index in [0.29, 0.717) is 17.7 Å². The van der Waals surface area contributed by atoms with Gasteiger partial charge in [0.25, 0.3) is 5.91 Å². The molecule has 1 aliphatic rings. The van der Waals surface area contributed by atoms with Crippen LogP contribution in [-0.2, 0) is 6.42 Å². The molecule has 0 atom stereocenters. The Labute approximate surface area is 188 Å². The third-order valence-corrected chi connectivity index (χ3v) is 6.06. The monoisotopic (exact) mass is 438 g/mol. The second kappa shape index (κ2) is 10.1. The smallest absolute Gasteiger partial charge is 0.251 e. The summed E-state index contributed by atoms with van der Waals surface area (Å²) in [6.07, 6.45) is 2.49. The molecule has 1 aliphatic heterocycles. The fraction of sp³-hybridized carbons (Fsp3) is 0.360. The van der Waals surface area contributed by atoms with Crippen LogP contribution >= 0.6 is 11.8 Å². The summed E-state index contributed by atoms with van der Waals surface area (Å²) in [7, 11) is 1.64. The molecule has 0 radical (unpaired) electrons. The third-order valence-electron chi connectivity index (χ3n) is 5.16. The summed E-state index contributed by atoms with van der Waals surface area (Å²) < 4.78 is 5.37. The molecule has 5 nitrogen and oxygen atoms in total. The predicted molar refractivity (Wildman–Crippen MR) is 128 cm³/mol. The molecule has 2 aromatic carbocycles. The lowest BCUT2D eigenvalue weighted by atomic mass is 9.85. The first-order chi connectivity index (χ1) is 14.8. The molecule has 31 heavy (non-hydrogen) atoms. The van der Waals surface area contributed by atoms with Crippen LogP contribution in [0.4, 0.5) is 0 Å². The van der Waals surface area contributed by atoms with E-state index in [2.05, 4.69) is 37.5 Å². The highest BCUT2D eigenvalue weighted by Crippen LogP contribution is 2.32. The molecular formula is C25H30N2O3S. The van der Waals surface area contributed by atoms with Gasteiger partial charge in [-0.25, -0.2) is 0 Å². The van der Waals surface area contributed by atoms with Crippen LogP contribution in [0.25, 0.3) is 5.70 Å². The van der Waals surface area contributed by atoms with Crippen molar-refractivity contribution >= 4 is 29.1 Å². The standard InChI is InChI=1S/C25H30N2O3S/c1-5-31-13-12-26-24(29)18-8-6-17(7-9-18)23(28)15-22-21-14-20(30-4)11-10-19(21)16-25(2,3)27-22/h6-11,14-15,27H,5,12-13,16H2,1-4H3,(H,26,29)/b22-15-. The SMILES string of the molecule is CCSCCNC(=O)c1ccc(C(=O)/C=C2\NC(C)(C)Cc3ccc(OC)cc32)cc1. The second-order valence-electron chi connectivity index (χ2n) is 8.16. The molecule has 0 aromatic heterocycles. The zero-order valence-corrected chi connectivity index (χ0v) is 19.4. The predicted octanol–water partition coefficient (Wildman–Crippen LogP) is 4.33. The maximum Gasteiger partial charge on any atom is 0.251 e. The van der Waals surface area contributed by atoms with E-state index in [1.165, 1.54) is 5.56 Å². The Hall–Kier alpha value is -2.73. The Morgan fingerprint density at radius 1 is 1.16 bits per heavy atom. The van der Waals surface area contributed by atoms with Crippen molar-refractivity contribution in [1.82, 2.24) is 10.6 Å². The number of hydrogen-bond acceptors (Lipinski definition) is 5. The molecule has 0 saturated heterocycles. The van der Waals surface area contributed by atoms with E-state index < -0.39 is 0 Å². The first kappa shape index (κ1) is 22.9. The Kier molecular flexibility index (Phi) is 7.44. The zero-order valence-electron chi connectivity index (χ0n) is 18.6. The highest BCUT2D eigenvalue weighted by Gasteiger charge is 2.28. The summed E-state index contributed by atoms with van der Waals surface area (Å²) in [5.41, 5.74) is 3.87. The topological polar surface area (TPSA) is 67.4 Å². The summed E-state index contributed by atoms with van der Waals surface area (Å²) in [6.45, 7) is 6.96. The average molecular weight is 439 g/mol. The Balaban J connectivity index is 1.78. The Morgan fingerprint density at radius 2 is 1.87 bits per heavy atom. The van der Waals surface area contributed by atoms with Gasteiger partial charge in [0, 0.05) is 46.3 Å². The molecule has 2 aromatic rings. The molecule has 1 heterocycles. The number of methoxy groups -OCH3 is 1. The molecule has 0 fully saturated rings. The Morgan fingerprint density at radius 3 is 2.55 bits per heavy atom. The normalized spacial score (nSPS) is 15.7. The molecule has 164 valence electrons. The number of ketones is 1. The molecule has 0 saturated carbocycles. The average Bonchev–Trinajstić information content (AvgIpc) is 2.75. The first-order valence-electron chi connectivity index (χ1n) is 10.5. The van der Waals surface area contributed by atoms with Crippen LogP contribution in [0.3, 0.4) is 0 Å². The number of carbonyl (C=O) groups excluding carboxylic acids is 2. The van der Waals surface area contributed by atoms with E-state index >= 15 is 0 Å². The molecule has 0 unspecified atom stereocenters. The quantitative estimate of drug-likeness (QED) is 0.365. The maximum atomic E-state index is 13.0. The van der Waals surface area contributed by atoms with Crippen LogP contribution in [0.5, 0.6) is 5.75 Å². The van der Waals surface area contributed by atoms with Crippen molar-refractivity contribution in [3.8, 4) is 5.75 Å². The van der Waals surface area contributed by atoms with Gasteiger partial charge < -0.3 is 15.4 Å². The lowest BCUT2D eigenvalue weighted by molar-refractivity contribution is 0.0954. The second-order valence-corrected chi connectivity index (χ2v) is 9.56. The number of amides is 1. The number of ether oxygens (including phenoxy) is 1. The van der Waals surface area contributed by atoms with Crippen molar-refractivity contribution in [2.45, 2.75) is 32.7 Å². The van der Waals surface area contributed by atoms with Crippen molar-refractivity contribution in [1.29, 1.82) is 0 Å².